The summed E-state index contributed by atoms with van der Waals surface area (Å²) in [4.78, 5) is 11.2. The van der Waals surface area contributed by atoms with Crippen LogP contribution in [-0.4, -0.2) is 12.6 Å². The molecule has 1 heterocycles. The molecule has 2 N–H and O–H groups in total. The van der Waals surface area contributed by atoms with Crippen molar-refractivity contribution < 1.29 is 13.9 Å². The molecule has 0 radical (unpaired) electrons. The SMILES string of the molecule is CCCOC(=O)c1ccc(CN)o1. The van der Waals surface area contributed by atoms with Crippen LogP contribution in [0.25, 0.3) is 0 Å². The normalized spacial score (nSPS) is 10.0. The van der Waals surface area contributed by atoms with Gasteiger partial charge in [0.15, 0.2) is 0 Å². The number of hydrogen-bond acceptors (Lipinski definition) is 4. The van der Waals surface area contributed by atoms with E-state index < -0.39 is 5.97 Å². The first-order valence-corrected chi connectivity index (χ1v) is 4.23. The van der Waals surface area contributed by atoms with Crippen molar-refractivity contribution >= 4 is 5.97 Å². The molecule has 0 saturated carbocycles. The number of nitrogens with two attached hydrogens (primary N) is 1. The van der Waals surface area contributed by atoms with E-state index >= 15 is 0 Å². The molecule has 1 aromatic heterocycles. The Bertz CT molecular complexity index is 280. The fourth-order valence-corrected chi connectivity index (χ4v) is 0.863. The predicted molar refractivity (Wildman–Crippen MR) is 47.2 cm³/mol. The van der Waals surface area contributed by atoms with Gasteiger partial charge in [-0.3, -0.25) is 0 Å². The molecule has 0 unspecified atom stereocenters. The smallest absolute Gasteiger partial charge is 0.374 e. The van der Waals surface area contributed by atoms with Crippen LogP contribution in [0.4, 0.5) is 0 Å². The summed E-state index contributed by atoms with van der Waals surface area (Å²) in [5.74, 6) is 0.374. The van der Waals surface area contributed by atoms with Gasteiger partial charge in [-0.05, 0) is 18.6 Å². The van der Waals surface area contributed by atoms with E-state index in [1.165, 1.54) is 0 Å². The van der Waals surface area contributed by atoms with Crippen molar-refractivity contribution in [2.45, 2.75) is 19.9 Å². The molecule has 0 amide bonds. The Labute approximate surface area is 76.7 Å². The third-order valence-corrected chi connectivity index (χ3v) is 1.50. The van der Waals surface area contributed by atoms with Gasteiger partial charge in [-0.2, -0.15) is 0 Å². The maximum atomic E-state index is 11.2. The fourth-order valence-electron chi connectivity index (χ4n) is 0.863. The average molecular weight is 183 g/mol. The van der Waals surface area contributed by atoms with Gasteiger partial charge in [0, 0.05) is 0 Å². The first kappa shape index (κ1) is 9.80. The van der Waals surface area contributed by atoms with Crippen LogP contribution < -0.4 is 5.73 Å². The number of rotatable bonds is 4. The monoisotopic (exact) mass is 183 g/mol. The average Bonchev–Trinajstić information content (AvgIpc) is 2.62. The van der Waals surface area contributed by atoms with Gasteiger partial charge in [-0.15, -0.1) is 0 Å². The van der Waals surface area contributed by atoms with Gasteiger partial charge in [-0.1, -0.05) is 6.92 Å². The molecule has 0 aliphatic rings. The van der Waals surface area contributed by atoms with Crippen LogP contribution in [0, 0.1) is 0 Å². The summed E-state index contributed by atoms with van der Waals surface area (Å²) in [6.45, 7) is 2.64. The summed E-state index contributed by atoms with van der Waals surface area (Å²) < 4.78 is 9.95. The minimum atomic E-state index is -0.429. The van der Waals surface area contributed by atoms with E-state index in [0.717, 1.165) is 6.42 Å². The molecule has 0 atom stereocenters. The first-order chi connectivity index (χ1) is 6.27. The highest BCUT2D eigenvalue weighted by Gasteiger charge is 2.11. The second-order valence-electron chi connectivity index (χ2n) is 2.61. The van der Waals surface area contributed by atoms with Gasteiger partial charge < -0.3 is 14.9 Å². The molecule has 4 nitrogen and oxygen atoms in total. The maximum Gasteiger partial charge on any atom is 0.374 e. The van der Waals surface area contributed by atoms with Crippen LogP contribution in [-0.2, 0) is 11.3 Å². The number of hydrogen-bond donors (Lipinski definition) is 1. The van der Waals surface area contributed by atoms with Crippen molar-refractivity contribution in [1.82, 2.24) is 0 Å². The summed E-state index contributed by atoms with van der Waals surface area (Å²) in [5.41, 5.74) is 5.32. The van der Waals surface area contributed by atoms with Crippen LogP contribution >= 0.6 is 0 Å². The Hall–Kier alpha value is -1.29. The van der Waals surface area contributed by atoms with E-state index in [4.69, 9.17) is 14.9 Å². The van der Waals surface area contributed by atoms with Gasteiger partial charge in [0.2, 0.25) is 5.76 Å². The summed E-state index contributed by atoms with van der Waals surface area (Å²) in [6, 6.07) is 3.24. The van der Waals surface area contributed by atoms with Crippen molar-refractivity contribution in [3.63, 3.8) is 0 Å². The van der Waals surface area contributed by atoms with Crippen LogP contribution in [0.1, 0.15) is 29.7 Å². The quantitative estimate of drug-likeness (QED) is 0.714. The third kappa shape index (κ3) is 2.59. The van der Waals surface area contributed by atoms with Crippen molar-refractivity contribution in [3.8, 4) is 0 Å². The second-order valence-corrected chi connectivity index (χ2v) is 2.61. The number of ether oxygens (including phenoxy) is 1. The molecule has 0 aliphatic heterocycles. The van der Waals surface area contributed by atoms with Gasteiger partial charge in [0.1, 0.15) is 5.76 Å². The van der Waals surface area contributed by atoms with Gasteiger partial charge >= 0.3 is 5.97 Å². The highest BCUT2D eigenvalue weighted by atomic mass is 16.5. The van der Waals surface area contributed by atoms with Crippen molar-refractivity contribution in [3.05, 3.63) is 23.7 Å². The van der Waals surface area contributed by atoms with Crippen molar-refractivity contribution in [2.24, 2.45) is 5.73 Å². The molecule has 0 aliphatic carbocycles. The van der Waals surface area contributed by atoms with Crippen LogP contribution in [0.5, 0.6) is 0 Å². The lowest BCUT2D eigenvalue weighted by Crippen LogP contribution is -2.04. The van der Waals surface area contributed by atoms with E-state index in [2.05, 4.69) is 0 Å². The third-order valence-electron chi connectivity index (χ3n) is 1.50. The minimum Gasteiger partial charge on any atom is -0.460 e. The van der Waals surface area contributed by atoms with Gasteiger partial charge in [0.25, 0.3) is 0 Å². The Morgan fingerprint density at radius 3 is 2.92 bits per heavy atom. The number of carbonyl (C=O) groups excluding carboxylic acids is 1. The number of furan rings is 1. The van der Waals surface area contributed by atoms with Gasteiger partial charge in [0.05, 0.1) is 13.2 Å². The first-order valence-electron chi connectivity index (χ1n) is 4.23. The highest BCUT2D eigenvalue weighted by molar-refractivity contribution is 5.86. The zero-order valence-corrected chi connectivity index (χ0v) is 7.58. The standard InChI is InChI=1S/C9H13NO3/c1-2-5-12-9(11)8-4-3-7(6-10)13-8/h3-4H,2,5-6,10H2,1H3. The fraction of sp³-hybridized carbons (Fsp3) is 0.444. The summed E-state index contributed by atoms with van der Waals surface area (Å²) >= 11 is 0. The predicted octanol–water partition coefficient (Wildman–Crippen LogP) is 1.31. The molecule has 0 fully saturated rings. The lowest BCUT2D eigenvalue weighted by atomic mass is 10.4. The van der Waals surface area contributed by atoms with E-state index in [-0.39, 0.29) is 5.76 Å². The Balaban J connectivity index is 2.55. The zero-order valence-electron chi connectivity index (χ0n) is 7.58. The largest absolute Gasteiger partial charge is 0.460 e. The zero-order chi connectivity index (χ0) is 9.68. The molecule has 0 bridgehead atoms. The van der Waals surface area contributed by atoms with Crippen molar-refractivity contribution in [1.29, 1.82) is 0 Å². The summed E-state index contributed by atoms with van der Waals surface area (Å²) in [7, 11) is 0. The Morgan fingerprint density at radius 2 is 2.38 bits per heavy atom. The minimum absolute atomic E-state index is 0.217. The van der Waals surface area contributed by atoms with Crippen molar-refractivity contribution in [2.75, 3.05) is 6.61 Å². The number of carbonyl (C=O) groups is 1. The van der Waals surface area contributed by atoms with E-state index in [1.54, 1.807) is 12.1 Å². The molecule has 0 spiro atoms. The molecular weight excluding hydrogens is 170 g/mol. The molecule has 13 heavy (non-hydrogen) atoms. The molecule has 1 rings (SSSR count). The molecular formula is C9H13NO3. The Kier molecular flexibility index (Phi) is 3.52. The van der Waals surface area contributed by atoms with E-state index in [0.29, 0.717) is 18.9 Å². The Morgan fingerprint density at radius 1 is 1.62 bits per heavy atom. The van der Waals surface area contributed by atoms with E-state index in [1.807, 2.05) is 6.92 Å². The molecule has 72 valence electrons. The number of esters is 1. The molecule has 0 saturated heterocycles. The topological polar surface area (TPSA) is 65.5 Å². The van der Waals surface area contributed by atoms with Crippen LogP contribution in [0.2, 0.25) is 0 Å². The van der Waals surface area contributed by atoms with Crippen LogP contribution in [0.15, 0.2) is 16.5 Å². The maximum absolute atomic E-state index is 11.2. The van der Waals surface area contributed by atoms with E-state index in [9.17, 15) is 4.79 Å². The second kappa shape index (κ2) is 4.67. The lowest BCUT2D eigenvalue weighted by molar-refractivity contribution is 0.0467. The van der Waals surface area contributed by atoms with Gasteiger partial charge in [-0.25, -0.2) is 4.79 Å². The molecule has 0 aromatic carbocycles. The highest BCUT2D eigenvalue weighted by Crippen LogP contribution is 2.08. The van der Waals surface area contributed by atoms with Crippen LogP contribution in [0.3, 0.4) is 0 Å². The summed E-state index contributed by atoms with van der Waals surface area (Å²) in [5, 5.41) is 0. The molecule has 4 heteroatoms. The molecule has 1 aromatic rings. The summed E-state index contributed by atoms with van der Waals surface area (Å²) in [6.07, 6.45) is 0.802. The lowest BCUT2D eigenvalue weighted by Gasteiger charge is -1.98.